The fraction of sp³-hybridized carbons (Fsp3) is 0.667. The van der Waals surface area contributed by atoms with Crippen LogP contribution in [0.25, 0.3) is 0 Å². The summed E-state index contributed by atoms with van der Waals surface area (Å²) in [6.07, 6.45) is 1.85. The summed E-state index contributed by atoms with van der Waals surface area (Å²) in [4.78, 5) is 0. The van der Waals surface area contributed by atoms with Gasteiger partial charge in [-0.25, -0.2) is 0 Å². The minimum absolute atomic E-state index is 0.0231. The Bertz CT molecular complexity index is 286. The molecule has 2 N–H and O–H groups in total. The van der Waals surface area contributed by atoms with E-state index in [9.17, 15) is 5.11 Å². The number of hydrogen-bond acceptors (Lipinski definition) is 2. The molecule has 1 aliphatic carbocycles. The van der Waals surface area contributed by atoms with Crippen molar-refractivity contribution >= 4 is 0 Å². The lowest BCUT2D eigenvalue weighted by Gasteiger charge is -2.14. The van der Waals surface area contributed by atoms with Crippen LogP contribution in [0.1, 0.15) is 31.2 Å². The Labute approximate surface area is 71.8 Å². The normalized spacial score (nSPS) is 22.2. The van der Waals surface area contributed by atoms with Crippen molar-refractivity contribution in [2.75, 3.05) is 0 Å². The molecule has 0 radical (unpaired) electrons. The number of aryl methyl sites for hydroxylation is 1. The van der Waals surface area contributed by atoms with Crippen LogP contribution in [0, 0.1) is 6.92 Å². The Morgan fingerprint density at radius 3 is 2.67 bits per heavy atom. The monoisotopic (exact) mass is 166 g/mol. The summed E-state index contributed by atoms with van der Waals surface area (Å²) in [5.74, 6) is 0. The van der Waals surface area contributed by atoms with E-state index in [4.69, 9.17) is 0 Å². The minimum atomic E-state index is -0.278. The molecule has 1 aromatic heterocycles. The van der Waals surface area contributed by atoms with Crippen LogP contribution in [0.5, 0.6) is 0 Å². The van der Waals surface area contributed by atoms with E-state index in [-0.39, 0.29) is 11.5 Å². The van der Waals surface area contributed by atoms with E-state index in [2.05, 4.69) is 10.2 Å². The Kier molecular flexibility index (Phi) is 1.51. The molecular weight excluding hydrogens is 152 g/mol. The molecule has 1 aliphatic rings. The van der Waals surface area contributed by atoms with Gasteiger partial charge in [0.25, 0.3) is 0 Å². The second kappa shape index (κ2) is 2.33. The Balaban J connectivity index is 2.30. The van der Waals surface area contributed by atoms with E-state index in [0.717, 1.165) is 24.2 Å². The number of nitrogens with one attached hydrogen (secondary N) is 1. The molecule has 1 heterocycles. The van der Waals surface area contributed by atoms with Crippen LogP contribution in [0.3, 0.4) is 0 Å². The van der Waals surface area contributed by atoms with Crippen molar-refractivity contribution in [2.24, 2.45) is 0 Å². The van der Waals surface area contributed by atoms with Crippen LogP contribution in [0.15, 0.2) is 6.07 Å². The van der Waals surface area contributed by atoms with Crippen molar-refractivity contribution in [3.63, 3.8) is 0 Å². The van der Waals surface area contributed by atoms with Gasteiger partial charge in [0.2, 0.25) is 0 Å². The first-order chi connectivity index (χ1) is 5.65. The fourth-order valence-corrected chi connectivity index (χ4v) is 1.70. The molecule has 1 fully saturated rings. The van der Waals surface area contributed by atoms with Gasteiger partial charge in [0.05, 0.1) is 11.8 Å². The molecule has 1 aromatic rings. The number of aromatic amines is 1. The average molecular weight is 166 g/mol. The smallest absolute Gasteiger partial charge is 0.0712 e. The van der Waals surface area contributed by atoms with Gasteiger partial charge < -0.3 is 5.11 Å². The standard InChI is InChI=1S/C9H14N2O/c1-6-5-8(11-10-6)9(3-4-9)7(2)12/h5,7,12H,3-4H2,1-2H3,(H,10,11). The molecule has 0 bridgehead atoms. The zero-order valence-electron chi connectivity index (χ0n) is 7.46. The Hall–Kier alpha value is -0.830. The van der Waals surface area contributed by atoms with Crippen molar-refractivity contribution in [2.45, 2.75) is 38.2 Å². The average Bonchev–Trinajstić information content (AvgIpc) is 2.71. The molecule has 1 saturated carbocycles. The quantitative estimate of drug-likeness (QED) is 0.692. The zero-order valence-corrected chi connectivity index (χ0v) is 7.46. The maximum absolute atomic E-state index is 9.55. The van der Waals surface area contributed by atoms with Gasteiger partial charge in [-0.15, -0.1) is 0 Å². The Morgan fingerprint density at radius 2 is 2.33 bits per heavy atom. The molecule has 1 unspecified atom stereocenters. The molecule has 1 atom stereocenters. The second-order valence-electron chi connectivity index (χ2n) is 3.77. The largest absolute Gasteiger partial charge is 0.392 e. The van der Waals surface area contributed by atoms with Gasteiger partial charge in [-0.1, -0.05) is 0 Å². The predicted molar refractivity (Wildman–Crippen MR) is 45.9 cm³/mol. The van der Waals surface area contributed by atoms with E-state index in [1.807, 2.05) is 19.9 Å². The van der Waals surface area contributed by atoms with Gasteiger partial charge in [0.15, 0.2) is 0 Å². The van der Waals surface area contributed by atoms with Gasteiger partial charge in [0, 0.05) is 11.1 Å². The van der Waals surface area contributed by atoms with Crippen molar-refractivity contribution in [1.82, 2.24) is 10.2 Å². The molecule has 0 aromatic carbocycles. The topological polar surface area (TPSA) is 48.9 Å². The summed E-state index contributed by atoms with van der Waals surface area (Å²) in [7, 11) is 0. The van der Waals surface area contributed by atoms with E-state index >= 15 is 0 Å². The van der Waals surface area contributed by atoms with Gasteiger partial charge in [-0.2, -0.15) is 5.10 Å². The summed E-state index contributed by atoms with van der Waals surface area (Å²) >= 11 is 0. The van der Waals surface area contributed by atoms with E-state index in [0.29, 0.717) is 0 Å². The van der Waals surface area contributed by atoms with Crippen LogP contribution in [0.2, 0.25) is 0 Å². The molecule has 3 heteroatoms. The number of hydrogen-bond donors (Lipinski definition) is 2. The maximum atomic E-state index is 9.55. The molecule has 3 nitrogen and oxygen atoms in total. The Morgan fingerprint density at radius 1 is 1.67 bits per heavy atom. The minimum Gasteiger partial charge on any atom is -0.392 e. The van der Waals surface area contributed by atoms with Gasteiger partial charge in [0.1, 0.15) is 0 Å². The first-order valence-electron chi connectivity index (χ1n) is 4.36. The van der Waals surface area contributed by atoms with Crippen LogP contribution in [-0.4, -0.2) is 21.4 Å². The van der Waals surface area contributed by atoms with Crippen LogP contribution in [0.4, 0.5) is 0 Å². The lowest BCUT2D eigenvalue weighted by Crippen LogP contribution is -2.22. The van der Waals surface area contributed by atoms with Gasteiger partial charge in [-0.3, -0.25) is 5.10 Å². The summed E-state index contributed by atoms with van der Waals surface area (Å²) < 4.78 is 0. The first kappa shape index (κ1) is 7.80. The van der Waals surface area contributed by atoms with Gasteiger partial charge in [-0.05, 0) is 32.8 Å². The summed E-state index contributed by atoms with van der Waals surface area (Å²) in [6, 6.07) is 2.03. The van der Waals surface area contributed by atoms with E-state index in [1.165, 1.54) is 0 Å². The molecule has 66 valence electrons. The third kappa shape index (κ3) is 0.966. The summed E-state index contributed by atoms with van der Waals surface area (Å²) in [6.45, 7) is 3.83. The zero-order chi connectivity index (χ0) is 8.77. The van der Waals surface area contributed by atoms with Crippen molar-refractivity contribution in [3.05, 3.63) is 17.5 Å². The molecule has 0 amide bonds. The van der Waals surface area contributed by atoms with Crippen LogP contribution in [-0.2, 0) is 5.41 Å². The summed E-state index contributed by atoms with van der Waals surface area (Å²) in [5.41, 5.74) is 2.07. The second-order valence-corrected chi connectivity index (χ2v) is 3.77. The third-order valence-corrected chi connectivity index (χ3v) is 2.80. The highest BCUT2D eigenvalue weighted by Gasteiger charge is 2.50. The fourth-order valence-electron chi connectivity index (χ4n) is 1.70. The number of rotatable bonds is 2. The van der Waals surface area contributed by atoms with Crippen molar-refractivity contribution < 1.29 is 5.11 Å². The first-order valence-corrected chi connectivity index (χ1v) is 4.36. The van der Waals surface area contributed by atoms with Gasteiger partial charge >= 0.3 is 0 Å². The highest BCUT2D eigenvalue weighted by Crippen LogP contribution is 2.50. The number of aliphatic hydroxyl groups is 1. The SMILES string of the molecule is Cc1cc(C2(C(C)O)CC2)n[nH]1. The van der Waals surface area contributed by atoms with Crippen LogP contribution < -0.4 is 0 Å². The van der Waals surface area contributed by atoms with E-state index in [1.54, 1.807) is 0 Å². The third-order valence-electron chi connectivity index (χ3n) is 2.80. The maximum Gasteiger partial charge on any atom is 0.0712 e. The van der Waals surface area contributed by atoms with Crippen molar-refractivity contribution in [1.29, 1.82) is 0 Å². The van der Waals surface area contributed by atoms with Crippen molar-refractivity contribution in [3.8, 4) is 0 Å². The lowest BCUT2D eigenvalue weighted by molar-refractivity contribution is 0.148. The molecule has 12 heavy (non-hydrogen) atoms. The highest BCUT2D eigenvalue weighted by atomic mass is 16.3. The summed E-state index contributed by atoms with van der Waals surface area (Å²) in [5, 5.41) is 16.6. The molecule has 0 aliphatic heterocycles. The molecule has 2 rings (SSSR count). The molecular formula is C9H14N2O. The predicted octanol–water partition coefficient (Wildman–Crippen LogP) is 1.13. The number of H-pyrrole nitrogens is 1. The highest BCUT2D eigenvalue weighted by molar-refractivity contribution is 5.27. The van der Waals surface area contributed by atoms with Crippen LogP contribution >= 0.6 is 0 Å². The molecule has 0 saturated heterocycles. The number of aromatic nitrogens is 2. The number of nitrogens with zero attached hydrogens (tertiary/aromatic N) is 1. The molecule has 0 spiro atoms. The van der Waals surface area contributed by atoms with E-state index < -0.39 is 0 Å². The lowest BCUT2D eigenvalue weighted by atomic mass is 9.96. The number of aliphatic hydroxyl groups excluding tert-OH is 1.